The van der Waals surface area contributed by atoms with Gasteiger partial charge >= 0.3 is 11.9 Å². The summed E-state index contributed by atoms with van der Waals surface area (Å²) in [5, 5.41) is 29.1. The molecule has 0 aliphatic heterocycles. The Morgan fingerprint density at radius 3 is 2.24 bits per heavy atom. The van der Waals surface area contributed by atoms with Crippen LogP contribution in [0.15, 0.2) is 82.3 Å². The van der Waals surface area contributed by atoms with Gasteiger partial charge in [0.05, 0.1) is 18.9 Å². The van der Waals surface area contributed by atoms with Crippen molar-refractivity contribution >= 4 is 47.0 Å². The Kier molecular flexibility index (Phi) is 14.0. The van der Waals surface area contributed by atoms with Crippen LogP contribution >= 0.6 is 23.5 Å². The second-order valence-electron chi connectivity index (χ2n) is 11.2. The minimum absolute atomic E-state index is 0.0204. The van der Waals surface area contributed by atoms with Crippen LogP contribution in [0.2, 0.25) is 0 Å². The molecule has 0 heterocycles. The van der Waals surface area contributed by atoms with Crippen LogP contribution in [0, 0.1) is 11.8 Å². The van der Waals surface area contributed by atoms with E-state index in [1.54, 1.807) is 43.0 Å². The van der Waals surface area contributed by atoms with Crippen molar-refractivity contribution in [1.29, 1.82) is 0 Å². The summed E-state index contributed by atoms with van der Waals surface area (Å²) in [6, 6.07) is 15.1. The number of carbonyl (C=O) groups is 4. The van der Waals surface area contributed by atoms with Crippen LogP contribution in [0.1, 0.15) is 80.5 Å². The second kappa shape index (κ2) is 17.4. The summed E-state index contributed by atoms with van der Waals surface area (Å²) in [6.45, 7) is 5.49. The molecule has 8 nitrogen and oxygen atoms in total. The molecule has 10 heteroatoms. The van der Waals surface area contributed by atoms with E-state index in [1.807, 2.05) is 49.4 Å². The Hall–Kier alpha value is -3.34. The van der Waals surface area contributed by atoms with Crippen molar-refractivity contribution in [2.45, 2.75) is 79.9 Å². The number of thioether (sulfide) groups is 2. The summed E-state index contributed by atoms with van der Waals surface area (Å²) in [7, 11) is 0. The molecule has 2 aromatic rings. The summed E-state index contributed by atoms with van der Waals surface area (Å²) in [6.07, 6.45) is 7.54. The van der Waals surface area contributed by atoms with Gasteiger partial charge in [-0.15, -0.1) is 23.5 Å². The van der Waals surface area contributed by atoms with Gasteiger partial charge in [0, 0.05) is 38.7 Å². The lowest BCUT2D eigenvalue weighted by molar-refractivity contribution is -0.138. The highest BCUT2D eigenvalue weighted by Crippen LogP contribution is 2.40. The Morgan fingerprint density at radius 1 is 0.978 bits per heavy atom. The van der Waals surface area contributed by atoms with Crippen LogP contribution in [-0.4, -0.2) is 56.8 Å². The van der Waals surface area contributed by atoms with Gasteiger partial charge in [-0.05, 0) is 68.2 Å². The lowest BCUT2D eigenvalue weighted by Gasteiger charge is -2.35. The summed E-state index contributed by atoms with van der Waals surface area (Å²) < 4.78 is 6.02. The molecule has 0 saturated heterocycles. The first kappa shape index (κ1) is 36.1. The fraction of sp³-hybridized carbons (Fsp3) is 0.429. The maximum atomic E-state index is 12.5. The topological polar surface area (TPSA) is 138 Å². The highest BCUT2D eigenvalue weighted by Gasteiger charge is 2.42. The van der Waals surface area contributed by atoms with Crippen LogP contribution in [0.5, 0.6) is 0 Å². The number of Topliss-reactive ketones (excluding diaryl/α,β-unsaturated/α-hetero) is 2. The number of aliphatic hydroxyl groups is 1. The largest absolute Gasteiger partial charge is 0.497 e. The van der Waals surface area contributed by atoms with E-state index in [-0.39, 0.29) is 35.6 Å². The molecule has 242 valence electrons. The Bertz CT molecular complexity index is 1380. The molecule has 1 aliphatic rings. The van der Waals surface area contributed by atoms with Crippen molar-refractivity contribution in [3.63, 3.8) is 0 Å². The third-order valence-corrected chi connectivity index (χ3v) is 10.1. The molecule has 2 aromatic carbocycles. The monoisotopic (exact) mass is 654 g/mol. The third-order valence-electron chi connectivity index (χ3n) is 7.67. The van der Waals surface area contributed by atoms with Gasteiger partial charge in [-0.25, -0.2) is 0 Å². The maximum absolute atomic E-state index is 12.5. The molecule has 0 aromatic heterocycles. The Morgan fingerprint density at radius 2 is 1.64 bits per heavy atom. The lowest BCUT2D eigenvalue weighted by Crippen LogP contribution is -2.45. The number of hydrogen-bond acceptors (Lipinski definition) is 8. The molecule has 0 amide bonds. The number of ketones is 2. The summed E-state index contributed by atoms with van der Waals surface area (Å²) in [5.41, 5.74) is -0.0733. The zero-order chi connectivity index (χ0) is 33.0. The molecule has 0 bridgehead atoms. The van der Waals surface area contributed by atoms with E-state index in [9.17, 15) is 29.4 Å². The minimum Gasteiger partial charge on any atom is -0.497 e. The first-order valence-corrected chi connectivity index (χ1v) is 17.0. The summed E-state index contributed by atoms with van der Waals surface area (Å²) in [5.74, 6) is -1.94. The SMILES string of the molecule is CCCC1C(OCCCSc2ccc(C(CCC(=O)O)Sc3ccc(C(=O)C(C)CC(=O)O)cc3)cc2)=CC=CC1(O)C(C)=O. The predicted molar refractivity (Wildman–Crippen MR) is 177 cm³/mol. The van der Waals surface area contributed by atoms with Gasteiger partial charge in [-0.2, -0.15) is 0 Å². The van der Waals surface area contributed by atoms with Crippen LogP contribution in [-0.2, 0) is 19.1 Å². The maximum Gasteiger partial charge on any atom is 0.304 e. The van der Waals surface area contributed by atoms with Crippen molar-refractivity contribution in [3.8, 4) is 0 Å². The number of carboxylic acid groups (broad SMARTS) is 2. The first-order valence-electron chi connectivity index (χ1n) is 15.2. The quantitative estimate of drug-likeness (QED) is 0.0800. The molecular weight excluding hydrogens is 613 g/mol. The molecule has 4 atom stereocenters. The average molecular weight is 655 g/mol. The van der Waals surface area contributed by atoms with Gasteiger partial charge in [0.1, 0.15) is 5.76 Å². The predicted octanol–water partition coefficient (Wildman–Crippen LogP) is 7.37. The van der Waals surface area contributed by atoms with Crippen LogP contribution in [0.4, 0.5) is 0 Å². The summed E-state index contributed by atoms with van der Waals surface area (Å²) in [4.78, 5) is 49.0. The fourth-order valence-corrected chi connectivity index (χ4v) is 7.15. The van der Waals surface area contributed by atoms with Gasteiger partial charge in [-0.1, -0.05) is 50.6 Å². The van der Waals surface area contributed by atoms with Gasteiger partial charge in [-0.3, -0.25) is 19.2 Å². The van der Waals surface area contributed by atoms with Crippen molar-refractivity contribution in [2.75, 3.05) is 12.4 Å². The van der Waals surface area contributed by atoms with E-state index in [1.165, 1.54) is 18.7 Å². The Labute approximate surface area is 273 Å². The van der Waals surface area contributed by atoms with Gasteiger partial charge in [0.25, 0.3) is 0 Å². The highest BCUT2D eigenvalue weighted by atomic mass is 32.2. The molecule has 4 unspecified atom stereocenters. The molecule has 0 spiro atoms. The summed E-state index contributed by atoms with van der Waals surface area (Å²) >= 11 is 3.22. The van der Waals surface area contributed by atoms with E-state index in [4.69, 9.17) is 9.84 Å². The average Bonchev–Trinajstić information content (AvgIpc) is 3.00. The molecule has 0 radical (unpaired) electrons. The lowest BCUT2D eigenvalue weighted by atomic mass is 9.77. The van der Waals surface area contributed by atoms with Gasteiger partial charge < -0.3 is 20.1 Å². The number of hydrogen-bond donors (Lipinski definition) is 3. The zero-order valence-electron chi connectivity index (χ0n) is 25.9. The van der Waals surface area contributed by atoms with E-state index in [2.05, 4.69) is 0 Å². The van der Waals surface area contributed by atoms with E-state index in [0.29, 0.717) is 30.8 Å². The smallest absolute Gasteiger partial charge is 0.304 e. The van der Waals surface area contributed by atoms with E-state index >= 15 is 0 Å². The third kappa shape index (κ3) is 10.6. The first-order chi connectivity index (χ1) is 21.4. The molecular formula is C35H42O8S2. The normalized spacial score (nSPS) is 18.9. The minimum atomic E-state index is -1.53. The molecule has 3 N–H and O–H groups in total. The van der Waals surface area contributed by atoms with Crippen molar-refractivity contribution in [1.82, 2.24) is 0 Å². The molecule has 1 aliphatic carbocycles. The highest BCUT2D eigenvalue weighted by molar-refractivity contribution is 7.99. The molecule has 3 rings (SSSR count). The number of carboxylic acids is 2. The molecule has 0 saturated carbocycles. The second-order valence-corrected chi connectivity index (χ2v) is 13.6. The standard InChI is InChI=1S/C35H42O8S2/c1-4-7-29-30(8-5-19-35(29,42)24(3)36)43-20-6-21-44-27-13-9-25(10-14-27)31(17-18-32(37)38)45-28-15-11-26(12-16-28)34(41)23(2)22-33(39)40/h5,8-16,19,23,29,31,42H,4,6-7,17-18,20-22H2,1-3H3,(H,37,38)(H,39,40). The van der Waals surface area contributed by atoms with Crippen LogP contribution in [0.3, 0.4) is 0 Å². The number of rotatable bonds is 19. The zero-order valence-corrected chi connectivity index (χ0v) is 27.6. The Balaban J connectivity index is 1.55. The fourth-order valence-electron chi connectivity index (χ4n) is 5.17. The van der Waals surface area contributed by atoms with Crippen molar-refractivity contribution in [3.05, 3.63) is 83.6 Å². The number of ether oxygens (including phenoxy) is 1. The van der Waals surface area contributed by atoms with Gasteiger partial charge in [0.2, 0.25) is 0 Å². The van der Waals surface area contributed by atoms with Crippen LogP contribution < -0.4 is 0 Å². The van der Waals surface area contributed by atoms with E-state index in [0.717, 1.165) is 33.9 Å². The van der Waals surface area contributed by atoms with E-state index < -0.39 is 23.5 Å². The number of aliphatic carboxylic acids is 2. The van der Waals surface area contributed by atoms with Crippen molar-refractivity contribution in [2.24, 2.45) is 11.8 Å². The van der Waals surface area contributed by atoms with Gasteiger partial charge in [0.15, 0.2) is 17.2 Å². The number of carbonyl (C=O) groups excluding carboxylic acids is 2. The number of allylic oxidation sites excluding steroid dienone is 2. The molecule has 45 heavy (non-hydrogen) atoms. The van der Waals surface area contributed by atoms with Crippen LogP contribution in [0.25, 0.3) is 0 Å². The number of benzene rings is 2. The van der Waals surface area contributed by atoms with Crippen molar-refractivity contribution < 1.29 is 39.2 Å². The molecule has 0 fully saturated rings.